The van der Waals surface area contributed by atoms with Crippen LogP contribution in [0.1, 0.15) is 41.0 Å². The molecule has 0 spiro atoms. The Hall–Kier alpha value is -3.90. The lowest BCUT2D eigenvalue weighted by molar-refractivity contribution is -0.385. The molecule has 3 aliphatic heterocycles. The molecule has 8 nitrogen and oxygen atoms in total. The zero-order chi connectivity index (χ0) is 23.7. The Bertz CT molecular complexity index is 1300. The van der Waals surface area contributed by atoms with Crippen molar-refractivity contribution in [2.45, 2.75) is 25.4 Å². The third kappa shape index (κ3) is 3.97. The fourth-order valence-corrected chi connectivity index (χ4v) is 5.80. The van der Waals surface area contributed by atoms with Crippen molar-refractivity contribution in [1.29, 1.82) is 5.26 Å². The van der Waals surface area contributed by atoms with Crippen LogP contribution in [0.5, 0.6) is 11.5 Å². The van der Waals surface area contributed by atoms with E-state index in [1.54, 1.807) is 6.07 Å². The average Bonchev–Trinajstić information content (AvgIpc) is 3.28. The van der Waals surface area contributed by atoms with Gasteiger partial charge in [0.1, 0.15) is 17.7 Å². The fraction of sp³-hybridized carbons (Fsp3) is 0.280. The number of anilines is 1. The smallest absolute Gasteiger partial charge is 0.282 e. The minimum atomic E-state index is -0.466. The molecule has 34 heavy (non-hydrogen) atoms. The largest absolute Gasteiger partial charge is 0.493 e. The Balaban J connectivity index is 1.48. The zero-order valence-corrected chi connectivity index (χ0v) is 19.4. The molecule has 6 rings (SSSR count). The summed E-state index contributed by atoms with van der Waals surface area (Å²) in [5, 5.41) is 23.4. The SMILES string of the molecule is COc1cc(C=Nc2sc3c(c2C#N)C2CCN3CC2)c([N+](=O)[O-])cc1OCc1ccccc1. The minimum Gasteiger partial charge on any atom is -0.493 e. The molecule has 0 aliphatic carbocycles. The first kappa shape index (κ1) is 21.9. The van der Waals surface area contributed by atoms with Crippen molar-refractivity contribution in [3.63, 3.8) is 0 Å². The van der Waals surface area contributed by atoms with E-state index in [4.69, 9.17) is 9.47 Å². The maximum Gasteiger partial charge on any atom is 0.282 e. The van der Waals surface area contributed by atoms with E-state index in [1.807, 2.05) is 30.3 Å². The summed E-state index contributed by atoms with van der Waals surface area (Å²) in [5.41, 5.74) is 2.76. The van der Waals surface area contributed by atoms with Crippen molar-refractivity contribution in [2.24, 2.45) is 4.99 Å². The number of nitrogens with zero attached hydrogens (tertiary/aromatic N) is 4. The van der Waals surface area contributed by atoms with Crippen molar-refractivity contribution in [1.82, 2.24) is 0 Å². The van der Waals surface area contributed by atoms with E-state index in [2.05, 4.69) is 16.0 Å². The van der Waals surface area contributed by atoms with Crippen LogP contribution < -0.4 is 14.4 Å². The van der Waals surface area contributed by atoms with Gasteiger partial charge in [-0.05, 0) is 30.4 Å². The number of rotatable bonds is 7. The lowest BCUT2D eigenvalue weighted by Gasteiger charge is -2.39. The van der Waals surface area contributed by atoms with Crippen LogP contribution in [0.2, 0.25) is 0 Å². The number of thiophene rings is 1. The molecule has 0 N–H and O–H groups in total. The van der Waals surface area contributed by atoms with Gasteiger partial charge >= 0.3 is 0 Å². The maximum absolute atomic E-state index is 11.8. The lowest BCUT2D eigenvalue weighted by atomic mass is 9.84. The van der Waals surface area contributed by atoms with Crippen LogP contribution in [0, 0.1) is 21.4 Å². The highest BCUT2D eigenvalue weighted by Gasteiger charge is 2.36. The maximum atomic E-state index is 11.8. The van der Waals surface area contributed by atoms with Crippen LogP contribution >= 0.6 is 11.3 Å². The molecule has 2 bridgehead atoms. The molecule has 3 aliphatic rings. The van der Waals surface area contributed by atoms with Crippen molar-refractivity contribution in [3.05, 3.63) is 74.8 Å². The molecule has 0 saturated carbocycles. The van der Waals surface area contributed by atoms with Gasteiger partial charge in [0.15, 0.2) is 11.5 Å². The van der Waals surface area contributed by atoms with Gasteiger partial charge in [-0.15, -0.1) is 0 Å². The predicted molar refractivity (Wildman–Crippen MR) is 131 cm³/mol. The Labute approximate surface area is 200 Å². The summed E-state index contributed by atoms with van der Waals surface area (Å²) in [6.45, 7) is 2.25. The molecular formula is C25H22N4O4S. The van der Waals surface area contributed by atoms with E-state index in [-0.39, 0.29) is 23.6 Å². The van der Waals surface area contributed by atoms with Crippen molar-refractivity contribution >= 4 is 33.2 Å². The number of methoxy groups -OCH3 is 1. The van der Waals surface area contributed by atoms with Gasteiger partial charge in [0.25, 0.3) is 5.69 Å². The second-order valence-electron chi connectivity index (χ2n) is 8.23. The van der Waals surface area contributed by atoms with Gasteiger partial charge in [-0.3, -0.25) is 10.1 Å². The minimum absolute atomic E-state index is 0.142. The number of ether oxygens (including phenoxy) is 2. The van der Waals surface area contributed by atoms with Crippen LogP contribution in [0.3, 0.4) is 0 Å². The highest BCUT2D eigenvalue weighted by atomic mass is 32.1. The normalized spacial score (nSPS) is 14.8. The molecule has 172 valence electrons. The third-order valence-electron chi connectivity index (χ3n) is 6.28. The Morgan fingerprint density at radius 2 is 2.03 bits per heavy atom. The van der Waals surface area contributed by atoms with Gasteiger partial charge in [0.2, 0.25) is 0 Å². The average molecular weight is 475 g/mol. The fourth-order valence-electron chi connectivity index (χ4n) is 4.57. The van der Waals surface area contributed by atoms with Crippen molar-refractivity contribution < 1.29 is 14.4 Å². The molecule has 0 atom stereocenters. The van der Waals surface area contributed by atoms with Gasteiger partial charge in [-0.25, -0.2) is 4.99 Å². The molecule has 1 fully saturated rings. The van der Waals surface area contributed by atoms with E-state index in [0.29, 0.717) is 22.2 Å². The van der Waals surface area contributed by atoms with E-state index >= 15 is 0 Å². The van der Waals surface area contributed by atoms with Gasteiger partial charge in [-0.1, -0.05) is 41.7 Å². The Morgan fingerprint density at radius 3 is 2.71 bits per heavy atom. The molecule has 0 amide bonds. The molecule has 0 radical (unpaired) electrons. The number of hydrogen-bond acceptors (Lipinski definition) is 8. The summed E-state index contributed by atoms with van der Waals surface area (Å²) < 4.78 is 11.3. The molecule has 1 saturated heterocycles. The molecule has 0 unspecified atom stereocenters. The summed E-state index contributed by atoms with van der Waals surface area (Å²) in [7, 11) is 1.49. The van der Waals surface area contributed by atoms with Gasteiger partial charge in [0, 0.05) is 24.9 Å². The standard InChI is InChI=1S/C25H22N4O4S/c1-32-21-11-18(20(29(30)31)12-22(21)33-15-16-5-3-2-4-6-16)14-27-24-19(13-26)23-17-7-9-28(10-8-17)25(23)34-24/h2-6,11-12,14,17H,7-10,15H2,1H3. The predicted octanol–water partition coefficient (Wildman–Crippen LogP) is 5.56. The highest BCUT2D eigenvalue weighted by Crippen LogP contribution is 2.52. The van der Waals surface area contributed by atoms with Gasteiger partial charge in [-0.2, -0.15) is 5.26 Å². The number of benzene rings is 2. The first-order valence-corrected chi connectivity index (χ1v) is 11.8. The number of hydrogen-bond donors (Lipinski definition) is 0. The topological polar surface area (TPSA) is 101 Å². The highest BCUT2D eigenvalue weighted by molar-refractivity contribution is 7.20. The number of piperidine rings is 1. The second kappa shape index (κ2) is 9.15. The van der Waals surface area contributed by atoms with Gasteiger partial charge < -0.3 is 14.4 Å². The quantitative estimate of drug-likeness (QED) is 0.252. The van der Waals surface area contributed by atoms with Crippen molar-refractivity contribution in [3.8, 4) is 17.6 Å². The van der Waals surface area contributed by atoms with Crippen LogP contribution in [0.25, 0.3) is 0 Å². The molecular weight excluding hydrogens is 452 g/mol. The summed E-state index contributed by atoms with van der Waals surface area (Å²) in [4.78, 5) is 18.2. The number of nitro benzene ring substituents is 1. The Morgan fingerprint density at radius 1 is 1.26 bits per heavy atom. The zero-order valence-electron chi connectivity index (χ0n) is 18.6. The second-order valence-corrected chi connectivity index (χ2v) is 9.20. The van der Waals surface area contributed by atoms with E-state index in [0.717, 1.165) is 42.1 Å². The lowest BCUT2D eigenvalue weighted by Crippen LogP contribution is -2.37. The van der Waals surface area contributed by atoms with Crippen molar-refractivity contribution in [2.75, 3.05) is 25.1 Å². The summed E-state index contributed by atoms with van der Waals surface area (Å²) in [6, 6.07) is 14.8. The number of nitro groups is 1. The van der Waals surface area contributed by atoms with E-state index < -0.39 is 4.92 Å². The van der Waals surface area contributed by atoms with Crippen LogP contribution in [0.4, 0.5) is 15.7 Å². The van der Waals surface area contributed by atoms with E-state index in [9.17, 15) is 15.4 Å². The first-order chi connectivity index (χ1) is 16.6. The Kier molecular flexibility index (Phi) is 5.90. The van der Waals surface area contributed by atoms with Crippen LogP contribution in [-0.2, 0) is 6.61 Å². The van der Waals surface area contributed by atoms with Crippen LogP contribution in [0.15, 0.2) is 47.5 Å². The first-order valence-electron chi connectivity index (χ1n) is 11.0. The molecule has 9 heteroatoms. The van der Waals surface area contributed by atoms with E-state index in [1.165, 1.54) is 30.7 Å². The number of nitriles is 1. The van der Waals surface area contributed by atoms with Crippen LogP contribution in [-0.4, -0.2) is 31.3 Å². The molecule has 2 aromatic carbocycles. The summed E-state index contributed by atoms with van der Waals surface area (Å²) in [6.07, 6.45) is 3.54. The molecule has 1 aromatic heterocycles. The molecule has 3 aromatic rings. The number of fused-ring (bicyclic) bond motifs is 2. The summed E-state index contributed by atoms with van der Waals surface area (Å²) >= 11 is 1.48. The van der Waals surface area contributed by atoms with Gasteiger partial charge in [0.05, 0.1) is 34.2 Å². The monoisotopic (exact) mass is 474 g/mol. The summed E-state index contributed by atoms with van der Waals surface area (Å²) in [5.74, 6) is 1.05. The molecule has 4 heterocycles. The third-order valence-corrected chi connectivity index (χ3v) is 7.45. The number of aliphatic imine (C=N–C) groups is 1.